The number of hydrogen-bond donors (Lipinski definition) is 1. The summed E-state index contributed by atoms with van der Waals surface area (Å²) in [6.45, 7) is 7.49. The van der Waals surface area contributed by atoms with E-state index in [1.807, 2.05) is 45.0 Å². The molecule has 0 saturated carbocycles. The molecule has 6 nitrogen and oxygen atoms in total. The average Bonchev–Trinajstić information content (AvgIpc) is 2.93. The van der Waals surface area contributed by atoms with Crippen molar-refractivity contribution in [1.29, 1.82) is 0 Å². The highest BCUT2D eigenvalue weighted by Gasteiger charge is 2.19. The van der Waals surface area contributed by atoms with Gasteiger partial charge in [0.15, 0.2) is 5.13 Å². The molecule has 1 atom stereocenters. The van der Waals surface area contributed by atoms with Gasteiger partial charge in [-0.2, -0.15) is 5.10 Å². The van der Waals surface area contributed by atoms with Gasteiger partial charge in [-0.05, 0) is 33.8 Å². The maximum absolute atomic E-state index is 12.5. The molecule has 0 fully saturated rings. The molecule has 1 N–H and O–H groups in total. The fourth-order valence-electron chi connectivity index (χ4n) is 2.43. The fourth-order valence-corrected chi connectivity index (χ4v) is 3.25. The lowest BCUT2D eigenvalue weighted by atomic mass is 10.1. The van der Waals surface area contributed by atoms with Gasteiger partial charge in [0.25, 0.3) is 11.5 Å². The monoisotopic (exact) mass is 368 g/mol. The zero-order chi connectivity index (χ0) is 18.8. The summed E-state index contributed by atoms with van der Waals surface area (Å²) < 4.78 is 1.21. The first-order valence-corrected chi connectivity index (χ1v) is 9.08. The molecule has 0 spiro atoms. The van der Waals surface area contributed by atoms with Gasteiger partial charge in [-0.25, -0.2) is 9.67 Å². The number of thiazole rings is 1. The van der Waals surface area contributed by atoms with Crippen molar-refractivity contribution in [2.75, 3.05) is 5.32 Å². The third-order valence-corrected chi connectivity index (χ3v) is 5.17. The SMILES string of the molecule is Cc1ccc(-c2ccc(=O)n(C(C)C(=O)Nc3nc(C)c(C)s3)n2)cc1. The van der Waals surface area contributed by atoms with Crippen molar-refractivity contribution >= 4 is 22.4 Å². The Hall–Kier alpha value is -2.80. The molecule has 0 aliphatic carbocycles. The average molecular weight is 368 g/mol. The van der Waals surface area contributed by atoms with Crippen LogP contribution in [0.1, 0.15) is 29.1 Å². The number of amides is 1. The molecule has 2 heterocycles. The number of nitrogens with zero attached hydrogens (tertiary/aromatic N) is 3. The smallest absolute Gasteiger partial charge is 0.267 e. The van der Waals surface area contributed by atoms with Crippen LogP contribution in [0.4, 0.5) is 5.13 Å². The molecule has 2 aromatic heterocycles. The minimum atomic E-state index is -0.752. The minimum absolute atomic E-state index is 0.324. The van der Waals surface area contributed by atoms with E-state index < -0.39 is 6.04 Å². The highest BCUT2D eigenvalue weighted by Crippen LogP contribution is 2.22. The molecule has 0 aliphatic rings. The van der Waals surface area contributed by atoms with Crippen molar-refractivity contribution in [3.63, 3.8) is 0 Å². The Bertz CT molecular complexity index is 986. The number of aryl methyl sites for hydroxylation is 3. The van der Waals surface area contributed by atoms with E-state index in [4.69, 9.17) is 0 Å². The van der Waals surface area contributed by atoms with Crippen LogP contribution in [0.15, 0.2) is 41.2 Å². The Kier molecular flexibility index (Phi) is 4.99. The zero-order valence-corrected chi connectivity index (χ0v) is 15.9. The van der Waals surface area contributed by atoms with Gasteiger partial charge in [-0.3, -0.25) is 9.59 Å². The van der Waals surface area contributed by atoms with E-state index >= 15 is 0 Å². The number of anilines is 1. The Morgan fingerprint density at radius 2 is 1.81 bits per heavy atom. The molecule has 134 valence electrons. The summed E-state index contributed by atoms with van der Waals surface area (Å²) in [5.74, 6) is -0.325. The summed E-state index contributed by atoms with van der Waals surface area (Å²) in [4.78, 5) is 30.1. The first kappa shape index (κ1) is 18.0. The number of carbonyl (C=O) groups excluding carboxylic acids is 1. The molecule has 3 aromatic rings. The van der Waals surface area contributed by atoms with Gasteiger partial charge in [-0.15, -0.1) is 11.3 Å². The zero-order valence-electron chi connectivity index (χ0n) is 15.1. The third-order valence-electron chi connectivity index (χ3n) is 4.18. The highest BCUT2D eigenvalue weighted by molar-refractivity contribution is 7.15. The molecule has 1 aromatic carbocycles. The molecule has 0 bridgehead atoms. The normalized spacial score (nSPS) is 12.0. The molecule has 3 rings (SSSR count). The summed E-state index contributed by atoms with van der Waals surface area (Å²) in [6, 6.07) is 10.2. The van der Waals surface area contributed by atoms with E-state index in [2.05, 4.69) is 15.4 Å². The molecule has 26 heavy (non-hydrogen) atoms. The summed E-state index contributed by atoms with van der Waals surface area (Å²) in [6.07, 6.45) is 0. The summed E-state index contributed by atoms with van der Waals surface area (Å²) in [7, 11) is 0. The second-order valence-electron chi connectivity index (χ2n) is 6.19. The number of nitrogens with one attached hydrogen (secondary N) is 1. The number of aromatic nitrogens is 3. The lowest BCUT2D eigenvalue weighted by Crippen LogP contribution is -2.33. The van der Waals surface area contributed by atoms with Crippen molar-refractivity contribution < 1.29 is 4.79 Å². The summed E-state index contributed by atoms with van der Waals surface area (Å²) >= 11 is 1.41. The highest BCUT2D eigenvalue weighted by atomic mass is 32.1. The van der Waals surface area contributed by atoms with Gasteiger partial charge in [0.1, 0.15) is 6.04 Å². The first-order valence-electron chi connectivity index (χ1n) is 8.27. The van der Waals surface area contributed by atoms with Crippen molar-refractivity contribution in [3.8, 4) is 11.3 Å². The number of benzene rings is 1. The Balaban J connectivity index is 1.87. The fraction of sp³-hybridized carbons (Fsp3) is 0.263. The molecule has 1 amide bonds. The quantitative estimate of drug-likeness (QED) is 0.765. The van der Waals surface area contributed by atoms with Crippen LogP contribution < -0.4 is 10.9 Å². The molecule has 0 radical (unpaired) electrons. The van der Waals surface area contributed by atoms with E-state index in [0.29, 0.717) is 10.8 Å². The van der Waals surface area contributed by atoms with Crippen molar-refractivity contribution in [2.24, 2.45) is 0 Å². The van der Waals surface area contributed by atoms with Crippen LogP contribution >= 0.6 is 11.3 Å². The maximum Gasteiger partial charge on any atom is 0.267 e. The van der Waals surface area contributed by atoms with E-state index in [9.17, 15) is 9.59 Å². The van der Waals surface area contributed by atoms with E-state index in [0.717, 1.165) is 21.7 Å². The van der Waals surface area contributed by atoms with Gasteiger partial charge < -0.3 is 5.32 Å². The predicted molar refractivity (Wildman–Crippen MR) is 104 cm³/mol. The van der Waals surface area contributed by atoms with Crippen LogP contribution in [-0.4, -0.2) is 20.7 Å². The van der Waals surface area contributed by atoms with Crippen LogP contribution in [-0.2, 0) is 4.79 Å². The number of hydrogen-bond acceptors (Lipinski definition) is 5. The van der Waals surface area contributed by atoms with Gasteiger partial charge >= 0.3 is 0 Å². The van der Waals surface area contributed by atoms with Gasteiger partial charge in [0.05, 0.1) is 11.4 Å². The van der Waals surface area contributed by atoms with E-state index in [1.165, 1.54) is 22.1 Å². The van der Waals surface area contributed by atoms with Gasteiger partial charge in [0.2, 0.25) is 0 Å². The maximum atomic E-state index is 12.5. The Morgan fingerprint density at radius 3 is 2.42 bits per heavy atom. The van der Waals surface area contributed by atoms with Crippen LogP contribution in [0.5, 0.6) is 0 Å². The standard InChI is InChI=1S/C19H20N4O2S/c1-11-5-7-15(8-6-11)16-9-10-17(24)23(22-16)13(3)18(25)21-19-20-12(2)14(4)26-19/h5-10,13H,1-4H3,(H,20,21,25). The lowest BCUT2D eigenvalue weighted by Gasteiger charge is -2.14. The topological polar surface area (TPSA) is 76.9 Å². The van der Waals surface area contributed by atoms with Crippen LogP contribution in [0, 0.1) is 20.8 Å². The van der Waals surface area contributed by atoms with Gasteiger partial charge in [0, 0.05) is 16.5 Å². The molecule has 7 heteroatoms. The lowest BCUT2D eigenvalue weighted by molar-refractivity contribution is -0.119. The third kappa shape index (κ3) is 3.72. The minimum Gasteiger partial charge on any atom is -0.300 e. The first-order chi connectivity index (χ1) is 12.3. The van der Waals surface area contributed by atoms with E-state index in [1.54, 1.807) is 13.0 Å². The molecule has 0 saturated heterocycles. The van der Waals surface area contributed by atoms with Crippen molar-refractivity contribution in [2.45, 2.75) is 33.7 Å². The van der Waals surface area contributed by atoms with Crippen molar-refractivity contribution in [1.82, 2.24) is 14.8 Å². The molecular weight excluding hydrogens is 348 g/mol. The Labute approximate surface area is 155 Å². The van der Waals surface area contributed by atoms with Crippen LogP contribution in [0.2, 0.25) is 0 Å². The summed E-state index contributed by atoms with van der Waals surface area (Å²) in [5, 5.41) is 7.68. The number of carbonyl (C=O) groups is 1. The van der Waals surface area contributed by atoms with Gasteiger partial charge in [-0.1, -0.05) is 29.8 Å². The van der Waals surface area contributed by atoms with Crippen LogP contribution in [0.3, 0.4) is 0 Å². The predicted octanol–water partition coefficient (Wildman–Crippen LogP) is 3.49. The largest absolute Gasteiger partial charge is 0.300 e. The summed E-state index contributed by atoms with van der Waals surface area (Å²) in [5.41, 5.74) is 3.24. The van der Waals surface area contributed by atoms with E-state index in [-0.39, 0.29) is 11.5 Å². The second-order valence-corrected chi connectivity index (χ2v) is 7.40. The van der Waals surface area contributed by atoms with Crippen LogP contribution in [0.25, 0.3) is 11.3 Å². The number of rotatable bonds is 4. The molecule has 1 unspecified atom stereocenters. The Morgan fingerprint density at radius 1 is 1.12 bits per heavy atom. The second kappa shape index (κ2) is 7.21. The molecule has 0 aliphatic heterocycles. The van der Waals surface area contributed by atoms with Crippen molar-refractivity contribution in [3.05, 3.63) is 62.9 Å². The molecular formula is C19H20N4O2S.